The van der Waals surface area contributed by atoms with Gasteiger partial charge in [0, 0.05) is 7.05 Å². The third-order valence-corrected chi connectivity index (χ3v) is 2.53. The van der Waals surface area contributed by atoms with Crippen LogP contribution in [0.1, 0.15) is 19.8 Å². The lowest BCUT2D eigenvalue weighted by molar-refractivity contribution is -0.138. The summed E-state index contributed by atoms with van der Waals surface area (Å²) in [5, 5.41) is 12.2. The van der Waals surface area contributed by atoms with Crippen molar-refractivity contribution in [1.82, 2.24) is 5.32 Å². The molecule has 80 valence electrons. The summed E-state index contributed by atoms with van der Waals surface area (Å²) in [5.74, 6) is -1.21. The van der Waals surface area contributed by atoms with Crippen LogP contribution < -0.4 is 5.32 Å². The zero-order chi connectivity index (χ0) is 11.0. The highest BCUT2D eigenvalue weighted by atomic mass is 32.2. The van der Waals surface area contributed by atoms with Gasteiger partial charge in [-0.05, 0) is 11.8 Å². The first-order chi connectivity index (χ1) is 6.61. The van der Waals surface area contributed by atoms with E-state index >= 15 is 0 Å². The summed E-state index contributed by atoms with van der Waals surface area (Å²) in [4.78, 5) is 21.7. The molecule has 2 N–H and O–H groups in total. The zero-order valence-electron chi connectivity index (χ0n) is 8.32. The summed E-state index contributed by atoms with van der Waals surface area (Å²) in [5.41, 5.74) is 0. The Hall–Kier alpha value is -0.970. The summed E-state index contributed by atoms with van der Waals surface area (Å²) >= 11 is 1.23. The molecule has 1 unspecified atom stereocenters. The second kappa shape index (κ2) is 7.44. The van der Waals surface area contributed by atoms with Crippen LogP contribution in [0.3, 0.4) is 0 Å². The van der Waals surface area contributed by atoms with Crippen molar-refractivity contribution in [2.75, 3.05) is 7.05 Å². The van der Waals surface area contributed by atoms with Crippen molar-refractivity contribution in [1.29, 1.82) is 0 Å². The van der Waals surface area contributed by atoms with Crippen molar-refractivity contribution in [2.24, 2.45) is 0 Å². The second-order valence-corrected chi connectivity index (χ2v) is 3.73. The molecule has 0 spiro atoms. The lowest BCUT2D eigenvalue weighted by Gasteiger charge is -2.09. The van der Waals surface area contributed by atoms with Crippen LogP contribution in [0.25, 0.3) is 0 Å². The van der Waals surface area contributed by atoms with Crippen molar-refractivity contribution in [3.63, 3.8) is 0 Å². The first-order valence-electron chi connectivity index (χ1n) is 4.35. The van der Waals surface area contributed by atoms with Gasteiger partial charge in [0.05, 0.1) is 11.7 Å². The lowest BCUT2D eigenvalue weighted by atomic mass is 10.3. The minimum absolute atomic E-state index is 0.154. The first kappa shape index (κ1) is 13.0. The van der Waals surface area contributed by atoms with Crippen LogP contribution in [-0.2, 0) is 9.59 Å². The van der Waals surface area contributed by atoms with E-state index in [2.05, 4.69) is 5.32 Å². The molecule has 0 aliphatic heterocycles. The molecule has 4 nitrogen and oxygen atoms in total. The smallest absolute Gasteiger partial charge is 0.305 e. The topological polar surface area (TPSA) is 66.4 Å². The van der Waals surface area contributed by atoms with Gasteiger partial charge in [-0.25, -0.2) is 0 Å². The number of hydrogen-bond donors (Lipinski definition) is 2. The van der Waals surface area contributed by atoms with E-state index in [4.69, 9.17) is 5.11 Å². The lowest BCUT2D eigenvalue weighted by Crippen LogP contribution is -2.31. The molecule has 0 aromatic carbocycles. The number of rotatable bonds is 6. The summed E-state index contributed by atoms with van der Waals surface area (Å²) in [6, 6.07) is 0. The van der Waals surface area contributed by atoms with E-state index in [0.717, 1.165) is 6.42 Å². The fourth-order valence-electron chi connectivity index (χ4n) is 0.769. The van der Waals surface area contributed by atoms with Gasteiger partial charge in [-0.15, -0.1) is 11.8 Å². The number of hydrogen-bond acceptors (Lipinski definition) is 3. The molecule has 0 aliphatic rings. The molecule has 0 bridgehead atoms. The van der Waals surface area contributed by atoms with Gasteiger partial charge in [0.1, 0.15) is 0 Å². The van der Waals surface area contributed by atoms with Crippen LogP contribution >= 0.6 is 11.8 Å². The average Bonchev–Trinajstić information content (AvgIpc) is 2.15. The molecular formula is C9H15NO3S. The van der Waals surface area contributed by atoms with Crippen molar-refractivity contribution >= 4 is 23.6 Å². The number of thioether (sulfide) groups is 1. The molecule has 0 rings (SSSR count). The summed E-state index contributed by atoms with van der Waals surface area (Å²) in [6.45, 7) is 1.98. The fraction of sp³-hybridized carbons (Fsp3) is 0.556. The van der Waals surface area contributed by atoms with Crippen molar-refractivity contribution in [3.8, 4) is 0 Å². The largest absolute Gasteiger partial charge is 0.481 e. The highest BCUT2D eigenvalue weighted by molar-refractivity contribution is 8.03. The number of carbonyl (C=O) groups is 2. The van der Waals surface area contributed by atoms with Gasteiger partial charge >= 0.3 is 5.97 Å². The molecule has 0 saturated carbocycles. The Kier molecular flexibility index (Phi) is 6.92. The predicted molar refractivity (Wildman–Crippen MR) is 57.1 cm³/mol. The normalized spacial score (nSPS) is 12.7. The summed E-state index contributed by atoms with van der Waals surface area (Å²) in [7, 11) is 1.50. The number of allylic oxidation sites excluding steroid dienone is 1. The Labute approximate surface area is 87.8 Å². The molecule has 14 heavy (non-hydrogen) atoms. The minimum atomic E-state index is -0.962. The molecule has 0 saturated heterocycles. The standard InChI is InChI=1S/C9H15NO3S/c1-3-4-5-14-7(6-8(11)12)9(13)10-2/h4-5,7H,3,6H2,1-2H3,(H,10,13)(H,11,12). The zero-order valence-corrected chi connectivity index (χ0v) is 9.13. The van der Waals surface area contributed by atoms with Gasteiger partial charge < -0.3 is 10.4 Å². The molecule has 0 aromatic rings. The first-order valence-corrected chi connectivity index (χ1v) is 5.30. The number of nitrogens with one attached hydrogen (secondary N) is 1. The maximum Gasteiger partial charge on any atom is 0.305 e. The van der Waals surface area contributed by atoms with Crippen LogP contribution in [0.5, 0.6) is 0 Å². The van der Waals surface area contributed by atoms with Crippen LogP contribution in [-0.4, -0.2) is 29.3 Å². The molecule has 1 atom stereocenters. The van der Waals surface area contributed by atoms with E-state index in [1.807, 2.05) is 13.0 Å². The van der Waals surface area contributed by atoms with Crippen LogP contribution in [0.4, 0.5) is 0 Å². The Balaban J connectivity index is 4.17. The van der Waals surface area contributed by atoms with Crippen molar-refractivity contribution in [3.05, 3.63) is 11.5 Å². The maximum absolute atomic E-state index is 11.2. The van der Waals surface area contributed by atoms with E-state index in [0.29, 0.717) is 0 Å². The van der Waals surface area contributed by atoms with Gasteiger partial charge in [0.15, 0.2) is 0 Å². The molecule has 0 aromatic heterocycles. The van der Waals surface area contributed by atoms with Crippen molar-refractivity contribution < 1.29 is 14.7 Å². The minimum Gasteiger partial charge on any atom is -0.481 e. The molecule has 0 fully saturated rings. The Morgan fingerprint density at radius 1 is 1.57 bits per heavy atom. The predicted octanol–water partition coefficient (Wildman–Crippen LogP) is 1.23. The van der Waals surface area contributed by atoms with Gasteiger partial charge in [-0.1, -0.05) is 13.0 Å². The second-order valence-electron chi connectivity index (χ2n) is 2.62. The monoisotopic (exact) mass is 217 g/mol. The average molecular weight is 217 g/mol. The molecular weight excluding hydrogens is 202 g/mol. The molecule has 0 aliphatic carbocycles. The fourth-order valence-corrected chi connectivity index (χ4v) is 1.74. The van der Waals surface area contributed by atoms with E-state index in [-0.39, 0.29) is 12.3 Å². The van der Waals surface area contributed by atoms with E-state index in [1.54, 1.807) is 5.41 Å². The number of aliphatic carboxylic acids is 1. The summed E-state index contributed by atoms with van der Waals surface area (Å²) < 4.78 is 0. The van der Waals surface area contributed by atoms with Gasteiger partial charge in [0.2, 0.25) is 5.91 Å². The third kappa shape index (κ3) is 5.64. The highest BCUT2D eigenvalue weighted by Crippen LogP contribution is 2.16. The van der Waals surface area contributed by atoms with Crippen LogP contribution in [0.15, 0.2) is 11.5 Å². The molecule has 5 heteroatoms. The third-order valence-electron chi connectivity index (χ3n) is 1.47. The number of carbonyl (C=O) groups excluding carboxylic acids is 1. The van der Waals surface area contributed by atoms with Crippen LogP contribution in [0.2, 0.25) is 0 Å². The van der Waals surface area contributed by atoms with E-state index in [9.17, 15) is 9.59 Å². The van der Waals surface area contributed by atoms with Crippen molar-refractivity contribution in [2.45, 2.75) is 25.0 Å². The molecule has 1 amide bonds. The Morgan fingerprint density at radius 2 is 2.21 bits per heavy atom. The van der Waals surface area contributed by atoms with E-state index < -0.39 is 11.2 Å². The number of carboxylic acid groups (broad SMARTS) is 1. The van der Waals surface area contributed by atoms with Gasteiger partial charge in [0.25, 0.3) is 0 Å². The van der Waals surface area contributed by atoms with Gasteiger partial charge in [-0.2, -0.15) is 0 Å². The van der Waals surface area contributed by atoms with Gasteiger partial charge in [-0.3, -0.25) is 9.59 Å². The number of carboxylic acids is 1. The summed E-state index contributed by atoms with van der Waals surface area (Å²) in [6.07, 6.45) is 2.61. The maximum atomic E-state index is 11.2. The Bertz CT molecular complexity index is 228. The quantitative estimate of drug-likeness (QED) is 0.702. The number of amides is 1. The Morgan fingerprint density at radius 3 is 2.64 bits per heavy atom. The van der Waals surface area contributed by atoms with Crippen LogP contribution in [0, 0.1) is 0 Å². The highest BCUT2D eigenvalue weighted by Gasteiger charge is 2.19. The van der Waals surface area contributed by atoms with E-state index in [1.165, 1.54) is 18.8 Å². The molecule has 0 radical (unpaired) electrons. The SMILES string of the molecule is CCC=CSC(CC(=O)O)C(=O)NC. The molecule has 0 heterocycles.